The monoisotopic (exact) mass is 310 g/mol. The van der Waals surface area contributed by atoms with Crippen molar-refractivity contribution in [2.45, 2.75) is 42.7 Å². The van der Waals surface area contributed by atoms with Gasteiger partial charge in [-0.2, -0.15) is 0 Å². The van der Waals surface area contributed by atoms with E-state index in [-0.39, 0.29) is 22.9 Å². The lowest BCUT2D eigenvalue weighted by Gasteiger charge is -2.33. The van der Waals surface area contributed by atoms with Gasteiger partial charge in [-0.25, -0.2) is 8.42 Å². The number of hydrogen-bond acceptors (Lipinski definition) is 4. The van der Waals surface area contributed by atoms with Crippen molar-refractivity contribution in [3.8, 4) is 0 Å². The molecule has 0 heterocycles. The van der Waals surface area contributed by atoms with E-state index in [0.717, 1.165) is 31.9 Å². The number of nitrogens with two attached hydrogens (primary N) is 1. The third kappa shape index (κ3) is 3.83. The molecule has 21 heavy (non-hydrogen) atoms. The van der Waals surface area contributed by atoms with Gasteiger partial charge in [-0.1, -0.05) is 0 Å². The first kappa shape index (κ1) is 16.0. The fraction of sp³-hybridized carbons (Fsp3) is 0.533. The van der Waals surface area contributed by atoms with Crippen molar-refractivity contribution in [1.29, 1.82) is 0 Å². The minimum absolute atomic E-state index is 0.0736. The number of hydrogen-bond donors (Lipinski definition) is 1. The standard InChI is InChI=1S/C15H22N2O3S/c1-17(13-7-5-12(16)6-8-13)15(18)11-3-9-14(10-4-11)21(2,19)20/h3-4,9-10,12-13H,5-8,16H2,1-2H3. The van der Waals surface area contributed by atoms with Crippen LogP contribution < -0.4 is 5.73 Å². The fourth-order valence-electron chi connectivity index (χ4n) is 2.70. The SMILES string of the molecule is CN(C(=O)c1ccc(S(C)(=O)=O)cc1)C1CCC(N)CC1. The van der Waals surface area contributed by atoms with Gasteiger partial charge in [0.25, 0.3) is 5.91 Å². The van der Waals surface area contributed by atoms with Crippen LogP contribution in [-0.4, -0.2) is 44.6 Å². The summed E-state index contributed by atoms with van der Waals surface area (Å²) in [7, 11) is -1.43. The van der Waals surface area contributed by atoms with Crippen molar-refractivity contribution in [3.05, 3.63) is 29.8 Å². The Morgan fingerprint density at radius 3 is 2.14 bits per heavy atom. The van der Waals surface area contributed by atoms with E-state index in [1.165, 1.54) is 12.1 Å². The van der Waals surface area contributed by atoms with Gasteiger partial charge in [0.15, 0.2) is 9.84 Å². The predicted octanol–water partition coefficient (Wildman–Crippen LogP) is 1.43. The number of rotatable bonds is 3. The molecule has 0 bridgehead atoms. The lowest BCUT2D eigenvalue weighted by atomic mass is 9.90. The van der Waals surface area contributed by atoms with Crippen molar-refractivity contribution in [2.24, 2.45) is 5.73 Å². The molecule has 1 fully saturated rings. The number of nitrogens with zero attached hydrogens (tertiary/aromatic N) is 1. The molecule has 1 saturated carbocycles. The molecule has 0 atom stereocenters. The first-order valence-corrected chi connectivity index (χ1v) is 9.01. The Labute approximate surface area is 126 Å². The molecule has 0 unspecified atom stereocenters. The van der Waals surface area contributed by atoms with Gasteiger partial charge in [0.2, 0.25) is 0 Å². The van der Waals surface area contributed by atoms with Gasteiger partial charge in [-0.05, 0) is 49.9 Å². The van der Waals surface area contributed by atoms with Crippen molar-refractivity contribution >= 4 is 15.7 Å². The molecule has 116 valence electrons. The van der Waals surface area contributed by atoms with E-state index in [1.807, 2.05) is 0 Å². The highest BCUT2D eigenvalue weighted by atomic mass is 32.2. The minimum Gasteiger partial charge on any atom is -0.339 e. The Balaban J connectivity index is 2.09. The van der Waals surface area contributed by atoms with Crippen LogP contribution >= 0.6 is 0 Å². The molecular weight excluding hydrogens is 288 g/mol. The van der Waals surface area contributed by atoms with Gasteiger partial charge >= 0.3 is 0 Å². The zero-order valence-electron chi connectivity index (χ0n) is 12.5. The molecule has 0 aliphatic heterocycles. The van der Waals surface area contributed by atoms with E-state index in [9.17, 15) is 13.2 Å². The van der Waals surface area contributed by atoms with Crippen molar-refractivity contribution in [2.75, 3.05) is 13.3 Å². The second kappa shape index (κ2) is 6.15. The Morgan fingerprint density at radius 1 is 1.14 bits per heavy atom. The number of benzene rings is 1. The molecule has 0 spiro atoms. The largest absolute Gasteiger partial charge is 0.339 e. The van der Waals surface area contributed by atoms with Crippen LogP contribution in [0.2, 0.25) is 0 Å². The molecule has 1 aromatic rings. The van der Waals surface area contributed by atoms with Crippen LogP contribution in [0.3, 0.4) is 0 Å². The summed E-state index contributed by atoms with van der Waals surface area (Å²) in [6.07, 6.45) is 4.88. The molecule has 0 aromatic heterocycles. The average molecular weight is 310 g/mol. The molecule has 1 amide bonds. The van der Waals surface area contributed by atoms with E-state index in [1.54, 1.807) is 24.1 Å². The summed E-state index contributed by atoms with van der Waals surface area (Å²) < 4.78 is 22.8. The van der Waals surface area contributed by atoms with Gasteiger partial charge in [0.1, 0.15) is 0 Å². The summed E-state index contributed by atoms with van der Waals surface area (Å²) in [5.41, 5.74) is 6.40. The third-order valence-corrected chi connectivity index (χ3v) is 5.27. The summed E-state index contributed by atoms with van der Waals surface area (Å²) >= 11 is 0. The molecular formula is C15H22N2O3S. The quantitative estimate of drug-likeness (QED) is 0.916. The summed E-state index contributed by atoms with van der Waals surface area (Å²) in [6, 6.07) is 6.57. The van der Waals surface area contributed by atoms with E-state index < -0.39 is 9.84 Å². The first-order valence-electron chi connectivity index (χ1n) is 7.12. The van der Waals surface area contributed by atoms with Crippen molar-refractivity contribution < 1.29 is 13.2 Å². The average Bonchev–Trinajstić information content (AvgIpc) is 2.46. The van der Waals surface area contributed by atoms with E-state index in [2.05, 4.69) is 0 Å². The smallest absolute Gasteiger partial charge is 0.253 e. The third-order valence-electron chi connectivity index (χ3n) is 4.14. The van der Waals surface area contributed by atoms with Crippen LogP contribution in [0.15, 0.2) is 29.2 Å². The van der Waals surface area contributed by atoms with Crippen LogP contribution in [0.4, 0.5) is 0 Å². The zero-order valence-corrected chi connectivity index (χ0v) is 13.3. The first-order chi connectivity index (χ1) is 9.79. The van der Waals surface area contributed by atoms with E-state index in [4.69, 9.17) is 5.73 Å². The molecule has 5 nitrogen and oxygen atoms in total. The Morgan fingerprint density at radius 2 is 1.67 bits per heavy atom. The number of carbonyl (C=O) groups is 1. The number of carbonyl (C=O) groups excluding carboxylic acids is 1. The molecule has 0 saturated heterocycles. The Kier molecular flexibility index (Phi) is 4.68. The molecule has 1 aromatic carbocycles. The molecule has 1 aliphatic carbocycles. The molecule has 2 N–H and O–H groups in total. The molecule has 2 rings (SSSR count). The van der Waals surface area contributed by atoms with Crippen LogP contribution in [0.1, 0.15) is 36.0 Å². The molecule has 1 aliphatic rings. The van der Waals surface area contributed by atoms with E-state index >= 15 is 0 Å². The summed E-state index contributed by atoms with van der Waals surface area (Å²) in [5.74, 6) is -0.0736. The maximum atomic E-state index is 12.4. The predicted molar refractivity (Wildman–Crippen MR) is 81.9 cm³/mol. The lowest BCUT2D eigenvalue weighted by molar-refractivity contribution is 0.0690. The Hall–Kier alpha value is -1.40. The molecule has 0 radical (unpaired) electrons. The van der Waals surface area contributed by atoms with Gasteiger partial charge < -0.3 is 10.6 Å². The lowest BCUT2D eigenvalue weighted by Crippen LogP contribution is -2.41. The van der Waals surface area contributed by atoms with Crippen LogP contribution in [0, 0.1) is 0 Å². The highest BCUT2D eigenvalue weighted by molar-refractivity contribution is 7.90. The second-order valence-electron chi connectivity index (χ2n) is 5.78. The van der Waals surface area contributed by atoms with Gasteiger partial charge in [-0.15, -0.1) is 0 Å². The van der Waals surface area contributed by atoms with Gasteiger partial charge in [-0.3, -0.25) is 4.79 Å². The number of sulfone groups is 1. The van der Waals surface area contributed by atoms with Crippen LogP contribution in [-0.2, 0) is 9.84 Å². The minimum atomic E-state index is -3.23. The van der Waals surface area contributed by atoms with Gasteiger partial charge in [0, 0.05) is 31.0 Å². The van der Waals surface area contributed by atoms with Crippen molar-refractivity contribution in [1.82, 2.24) is 4.90 Å². The zero-order chi connectivity index (χ0) is 15.6. The van der Waals surface area contributed by atoms with E-state index in [0.29, 0.717) is 5.56 Å². The maximum Gasteiger partial charge on any atom is 0.253 e. The fourth-order valence-corrected chi connectivity index (χ4v) is 3.33. The molecule has 6 heteroatoms. The summed E-state index contributed by atoms with van der Waals surface area (Å²) in [4.78, 5) is 14.4. The van der Waals surface area contributed by atoms with Crippen LogP contribution in [0.5, 0.6) is 0 Å². The maximum absolute atomic E-state index is 12.4. The topological polar surface area (TPSA) is 80.5 Å². The Bertz CT molecular complexity index is 602. The number of amides is 1. The second-order valence-corrected chi connectivity index (χ2v) is 7.80. The summed E-state index contributed by atoms with van der Waals surface area (Å²) in [6.45, 7) is 0. The van der Waals surface area contributed by atoms with Crippen LogP contribution in [0.25, 0.3) is 0 Å². The van der Waals surface area contributed by atoms with Crippen molar-refractivity contribution in [3.63, 3.8) is 0 Å². The van der Waals surface area contributed by atoms with Gasteiger partial charge in [0.05, 0.1) is 4.90 Å². The summed E-state index contributed by atoms with van der Waals surface area (Å²) in [5, 5.41) is 0. The highest BCUT2D eigenvalue weighted by Gasteiger charge is 2.25. The highest BCUT2D eigenvalue weighted by Crippen LogP contribution is 2.22. The normalized spacial score (nSPS) is 22.8.